The maximum absolute atomic E-state index is 13.7. The Morgan fingerprint density at radius 2 is 1.33 bits per heavy atom. The molecule has 0 amide bonds. The molecular weight excluding hydrogens is 339 g/mol. The standard InChI is InChI=1S/C20H39O2P.ClH/c1-2-3-4-5-6-13-18-23(21,20-16-11-8-12-17-20)22-19-14-9-7-10-15-19;/h19-20H,2-18H2,1H3;1H. The largest absolute Gasteiger partial charge is 0.325 e. The molecule has 0 saturated heterocycles. The Morgan fingerprint density at radius 1 is 0.792 bits per heavy atom. The summed E-state index contributed by atoms with van der Waals surface area (Å²) in [7, 11) is -2.42. The fraction of sp³-hybridized carbons (Fsp3) is 1.00. The number of hydrogen-bond acceptors (Lipinski definition) is 2. The second-order valence-electron chi connectivity index (χ2n) is 7.87. The topological polar surface area (TPSA) is 26.3 Å². The molecule has 0 heterocycles. The first-order valence-corrected chi connectivity index (χ1v) is 12.4. The molecule has 0 aromatic carbocycles. The Bertz CT molecular complexity index is 350. The summed E-state index contributed by atoms with van der Waals surface area (Å²) in [6.45, 7) is 2.26. The third-order valence-corrected chi connectivity index (χ3v) is 9.06. The predicted molar refractivity (Wildman–Crippen MR) is 108 cm³/mol. The molecule has 0 spiro atoms. The molecule has 24 heavy (non-hydrogen) atoms. The highest BCUT2D eigenvalue weighted by molar-refractivity contribution is 7.59. The Morgan fingerprint density at radius 3 is 1.96 bits per heavy atom. The van der Waals surface area contributed by atoms with Crippen LogP contribution in [0.15, 0.2) is 0 Å². The van der Waals surface area contributed by atoms with Crippen LogP contribution in [0.3, 0.4) is 0 Å². The molecule has 4 heteroatoms. The van der Waals surface area contributed by atoms with Crippen molar-refractivity contribution < 1.29 is 9.09 Å². The monoisotopic (exact) mass is 378 g/mol. The van der Waals surface area contributed by atoms with Crippen molar-refractivity contribution in [3.63, 3.8) is 0 Å². The molecule has 1 atom stereocenters. The van der Waals surface area contributed by atoms with Crippen LogP contribution >= 0.6 is 19.8 Å². The first-order valence-electron chi connectivity index (χ1n) is 10.5. The van der Waals surface area contributed by atoms with Crippen LogP contribution in [0.1, 0.15) is 110 Å². The third kappa shape index (κ3) is 7.79. The lowest BCUT2D eigenvalue weighted by atomic mass is 9.98. The van der Waals surface area contributed by atoms with Crippen molar-refractivity contribution in [1.82, 2.24) is 0 Å². The van der Waals surface area contributed by atoms with Gasteiger partial charge >= 0.3 is 0 Å². The molecule has 2 aliphatic carbocycles. The molecule has 0 aromatic rings. The molecule has 2 aliphatic rings. The van der Waals surface area contributed by atoms with Gasteiger partial charge in [-0.3, -0.25) is 4.57 Å². The van der Waals surface area contributed by atoms with Crippen LogP contribution in [0.4, 0.5) is 0 Å². The lowest BCUT2D eigenvalue weighted by molar-refractivity contribution is 0.152. The summed E-state index contributed by atoms with van der Waals surface area (Å²) in [6, 6.07) is 0. The minimum atomic E-state index is -2.42. The van der Waals surface area contributed by atoms with Gasteiger partial charge in [0.15, 0.2) is 0 Å². The minimum absolute atomic E-state index is 0. The fourth-order valence-electron chi connectivity index (χ4n) is 4.33. The molecule has 0 radical (unpaired) electrons. The maximum atomic E-state index is 13.7. The summed E-state index contributed by atoms with van der Waals surface area (Å²) < 4.78 is 20.1. The second-order valence-corrected chi connectivity index (χ2v) is 10.7. The number of hydrogen-bond donors (Lipinski definition) is 0. The summed E-state index contributed by atoms with van der Waals surface area (Å²) in [5.74, 6) is 0. The van der Waals surface area contributed by atoms with E-state index in [1.807, 2.05) is 0 Å². The van der Waals surface area contributed by atoms with Crippen molar-refractivity contribution in [3.8, 4) is 0 Å². The van der Waals surface area contributed by atoms with Crippen LogP contribution in [0.5, 0.6) is 0 Å². The predicted octanol–water partition coefficient (Wildman–Crippen LogP) is 7.73. The van der Waals surface area contributed by atoms with Crippen molar-refractivity contribution in [2.45, 2.75) is 121 Å². The zero-order valence-electron chi connectivity index (χ0n) is 15.8. The zero-order valence-corrected chi connectivity index (χ0v) is 17.6. The molecule has 1 unspecified atom stereocenters. The highest BCUT2D eigenvalue weighted by atomic mass is 35.5. The highest BCUT2D eigenvalue weighted by Gasteiger charge is 2.36. The SMILES string of the molecule is CCCCCCCCP(=O)(OC1CCCCC1)C1CCCCC1.Cl. The quantitative estimate of drug-likeness (QED) is 0.287. The highest BCUT2D eigenvalue weighted by Crippen LogP contribution is 2.58. The molecule has 2 rings (SSSR count). The molecule has 144 valence electrons. The summed E-state index contributed by atoms with van der Waals surface area (Å²) in [5, 5.41) is 0. The van der Waals surface area contributed by atoms with E-state index in [1.54, 1.807) is 0 Å². The van der Waals surface area contributed by atoms with Crippen LogP contribution in [0.25, 0.3) is 0 Å². The van der Waals surface area contributed by atoms with Gasteiger partial charge in [0.2, 0.25) is 7.37 Å². The average Bonchev–Trinajstić information content (AvgIpc) is 2.60. The van der Waals surface area contributed by atoms with Crippen molar-refractivity contribution in [2.24, 2.45) is 0 Å². The van der Waals surface area contributed by atoms with E-state index in [0.29, 0.717) is 11.8 Å². The van der Waals surface area contributed by atoms with E-state index in [-0.39, 0.29) is 12.4 Å². The summed E-state index contributed by atoms with van der Waals surface area (Å²) in [4.78, 5) is 0. The van der Waals surface area contributed by atoms with Gasteiger partial charge in [-0.15, -0.1) is 12.4 Å². The van der Waals surface area contributed by atoms with Crippen LogP contribution in [-0.4, -0.2) is 17.9 Å². The van der Waals surface area contributed by atoms with Crippen molar-refractivity contribution in [1.29, 1.82) is 0 Å². The van der Waals surface area contributed by atoms with Crippen LogP contribution in [0, 0.1) is 0 Å². The van der Waals surface area contributed by atoms with Crippen LogP contribution in [0.2, 0.25) is 0 Å². The first kappa shape index (κ1) is 22.5. The van der Waals surface area contributed by atoms with E-state index in [2.05, 4.69) is 6.92 Å². The van der Waals surface area contributed by atoms with Gasteiger partial charge in [-0.2, -0.15) is 0 Å². The van der Waals surface area contributed by atoms with Crippen molar-refractivity contribution >= 4 is 19.8 Å². The van der Waals surface area contributed by atoms with Gasteiger partial charge in [-0.05, 0) is 32.1 Å². The molecular formula is C20H40ClO2P. The number of unbranched alkanes of at least 4 members (excludes halogenated alkanes) is 5. The zero-order chi connectivity index (χ0) is 16.4. The van der Waals surface area contributed by atoms with Crippen LogP contribution < -0.4 is 0 Å². The Labute approximate surface area is 156 Å². The van der Waals surface area contributed by atoms with Gasteiger partial charge in [0.25, 0.3) is 0 Å². The lowest BCUT2D eigenvalue weighted by Crippen LogP contribution is -2.23. The molecule has 2 nitrogen and oxygen atoms in total. The van der Waals surface area contributed by atoms with E-state index in [4.69, 9.17) is 4.52 Å². The van der Waals surface area contributed by atoms with E-state index in [0.717, 1.165) is 38.3 Å². The fourth-order valence-corrected chi connectivity index (χ4v) is 7.51. The van der Waals surface area contributed by atoms with Gasteiger partial charge < -0.3 is 4.52 Å². The molecule has 2 saturated carbocycles. The smallest absolute Gasteiger partial charge is 0.206 e. The van der Waals surface area contributed by atoms with Gasteiger partial charge in [0.1, 0.15) is 0 Å². The average molecular weight is 379 g/mol. The summed E-state index contributed by atoms with van der Waals surface area (Å²) in [5.41, 5.74) is 0.383. The van der Waals surface area contributed by atoms with Gasteiger partial charge in [0, 0.05) is 11.8 Å². The molecule has 2 fully saturated rings. The maximum Gasteiger partial charge on any atom is 0.206 e. The Hall–Kier alpha value is 0.480. The first-order chi connectivity index (χ1) is 11.2. The van der Waals surface area contributed by atoms with E-state index in [1.165, 1.54) is 70.6 Å². The normalized spacial score (nSPS) is 22.7. The van der Waals surface area contributed by atoms with E-state index in [9.17, 15) is 4.57 Å². The molecule has 0 aromatic heterocycles. The number of rotatable bonds is 10. The van der Waals surface area contributed by atoms with Crippen molar-refractivity contribution in [2.75, 3.05) is 6.16 Å². The van der Waals surface area contributed by atoms with Gasteiger partial charge in [-0.1, -0.05) is 77.6 Å². The second kappa shape index (κ2) is 12.8. The molecule has 0 aliphatic heterocycles. The van der Waals surface area contributed by atoms with Gasteiger partial charge in [0.05, 0.1) is 6.10 Å². The lowest BCUT2D eigenvalue weighted by Gasteiger charge is -2.34. The minimum Gasteiger partial charge on any atom is -0.325 e. The summed E-state index contributed by atoms with van der Waals surface area (Å²) in [6.07, 6.45) is 21.1. The number of halogens is 1. The Balaban J connectivity index is 0.00000288. The Kier molecular flexibility index (Phi) is 12.0. The summed E-state index contributed by atoms with van der Waals surface area (Å²) >= 11 is 0. The van der Waals surface area contributed by atoms with Crippen LogP contribution in [-0.2, 0) is 9.09 Å². The van der Waals surface area contributed by atoms with E-state index >= 15 is 0 Å². The third-order valence-electron chi connectivity index (χ3n) is 5.83. The molecule has 0 bridgehead atoms. The van der Waals surface area contributed by atoms with Crippen molar-refractivity contribution in [3.05, 3.63) is 0 Å². The van der Waals surface area contributed by atoms with E-state index < -0.39 is 7.37 Å². The molecule has 0 N–H and O–H groups in total. The van der Waals surface area contributed by atoms with Gasteiger partial charge in [-0.25, -0.2) is 0 Å².